The Balaban J connectivity index is 2.60. The van der Waals surface area contributed by atoms with Gasteiger partial charge in [0.05, 0.1) is 0 Å². The van der Waals surface area contributed by atoms with Crippen molar-refractivity contribution in [3.05, 3.63) is 12.7 Å². The quantitative estimate of drug-likeness (QED) is 0.729. The van der Waals surface area contributed by atoms with Crippen LogP contribution >= 0.6 is 11.8 Å². The largest absolute Gasteiger partial charge is 0.479 e. The third kappa shape index (κ3) is 3.16. The first kappa shape index (κ1) is 12.9. The minimum Gasteiger partial charge on any atom is -0.479 e. The number of ether oxygens (including phenoxy) is 1. The maximum atomic E-state index is 11.3. The molecule has 1 aliphatic rings. The Morgan fingerprint density at radius 3 is 2.88 bits per heavy atom. The van der Waals surface area contributed by atoms with Gasteiger partial charge in [-0.3, -0.25) is 0 Å². The molecule has 5 nitrogen and oxygen atoms in total. The van der Waals surface area contributed by atoms with Crippen LogP contribution in [0.4, 0.5) is 4.79 Å². The summed E-state index contributed by atoms with van der Waals surface area (Å²) < 4.78 is 4.73. The van der Waals surface area contributed by atoms with E-state index in [1.165, 1.54) is 17.8 Å². The molecule has 1 heterocycles. The zero-order chi connectivity index (χ0) is 12.0. The van der Waals surface area contributed by atoms with E-state index in [1.54, 1.807) is 0 Å². The summed E-state index contributed by atoms with van der Waals surface area (Å²) in [6, 6.07) is 0. The number of amides is 1. The molecule has 0 aromatic rings. The Bertz CT molecular complexity index is 287. The fourth-order valence-electron chi connectivity index (χ4n) is 1.48. The minimum atomic E-state index is -1.18. The van der Waals surface area contributed by atoms with Crippen molar-refractivity contribution in [2.24, 2.45) is 0 Å². The van der Waals surface area contributed by atoms with Crippen molar-refractivity contribution in [2.75, 3.05) is 18.1 Å². The van der Waals surface area contributed by atoms with Gasteiger partial charge < -0.3 is 15.2 Å². The van der Waals surface area contributed by atoms with E-state index in [4.69, 9.17) is 9.84 Å². The molecule has 2 N–H and O–H groups in total. The molecule has 0 aliphatic carbocycles. The third-order valence-corrected chi connectivity index (χ3v) is 3.60. The van der Waals surface area contributed by atoms with E-state index in [-0.39, 0.29) is 6.61 Å². The monoisotopic (exact) mass is 245 g/mol. The van der Waals surface area contributed by atoms with Crippen LogP contribution in [0.25, 0.3) is 0 Å². The molecule has 1 unspecified atom stereocenters. The predicted octanol–water partition coefficient (Wildman–Crippen LogP) is 1.25. The molecule has 90 valence electrons. The summed E-state index contributed by atoms with van der Waals surface area (Å²) in [7, 11) is 0. The van der Waals surface area contributed by atoms with E-state index in [1.807, 2.05) is 0 Å². The van der Waals surface area contributed by atoms with Gasteiger partial charge in [0, 0.05) is 5.75 Å². The average molecular weight is 245 g/mol. The number of rotatable bonds is 4. The van der Waals surface area contributed by atoms with Gasteiger partial charge in [-0.25, -0.2) is 9.59 Å². The zero-order valence-electron chi connectivity index (χ0n) is 8.90. The second kappa shape index (κ2) is 5.79. The SMILES string of the molecule is C=CCOC(=O)NC1(C(=O)O)CCCSC1. The lowest BCUT2D eigenvalue weighted by atomic mass is 9.96. The molecule has 0 saturated carbocycles. The molecule has 1 fully saturated rings. The lowest BCUT2D eigenvalue weighted by molar-refractivity contribution is -0.144. The smallest absolute Gasteiger partial charge is 0.408 e. The summed E-state index contributed by atoms with van der Waals surface area (Å²) >= 11 is 1.52. The van der Waals surface area contributed by atoms with Crippen LogP contribution in [0.5, 0.6) is 0 Å². The van der Waals surface area contributed by atoms with Crippen LogP contribution in [0.2, 0.25) is 0 Å². The Hall–Kier alpha value is -1.17. The van der Waals surface area contributed by atoms with Crippen molar-refractivity contribution in [1.82, 2.24) is 5.32 Å². The van der Waals surface area contributed by atoms with Crippen LogP contribution in [-0.4, -0.2) is 40.8 Å². The maximum absolute atomic E-state index is 11.3. The Morgan fingerprint density at radius 1 is 1.62 bits per heavy atom. The van der Waals surface area contributed by atoms with E-state index in [0.29, 0.717) is 12.2 Å². The molecule has 0 bridgehead atoms. The van der Waals surface area contributed by atoms with E-state index < -0.39 is 17.6 Å². The van der Waals surface area contributed by atoms with Crippen molar-refractivity contribution in [3.8, 4) is 0 Å². The van der Waals surface area contributed by atoms with Crippen molar-refractivity contribution in [3.63, 3.8) is 0 Å². The number of carbonyl (C=O) groups is 2. The number of thioether (sulfide) groups is 1. The number of aliphatic carboxylic acids is 1. The van der Waals surface area contributed by atoms with Gasteiger partial charge in [-0.2, -0.15) is 11.8 Å². The van der Waals surface area contributed by atoms with Crippen molar-refractivity contribution < 1.29 is 19.4 Å². The molecule has 1 saturated heterocycles. The fourth-order valence-corrected chi connectivity index (χ4v) is 2.66. The number of alkyl carbamates (subject to hydrolysis) is 1. The van der Waals surface area contributed by atoms with Crippen molar-refractivity contribution in [2.45, 2.75) is 18.4 Å². The lowest BCUT2D eigenvalue weighted by Crippen LogP contribution is -2.57. The summed E-state index contributed by atoms with van der Waals surface area (Å²) in [6.07, 6.45) is 1.95. The molecule has 0 radical (unpaired) electrons. The van der Waals surface area contributed by atoms with Gasteiger partial charge in [-0.1, -0.05) is 12.7 Å². The average Bonchev–Trinajstić information content (AvgIpc) is 2.27. The zero-order valence-corrected chi connectivity index (χ0v) is 9.72. The Morgan fingerprint density at radius 2 is 2.38 bits per heavy atom. The van der Waals surface area contributed by atoms with Crippen LogP contribution in [0, 0.1) is 0 Å². The number of carboxylic acid groups (broad SMARTS) is 1. The molecule has 0 spiro atoms. The molecule has 0 aromatic heterocycles. The summed E-state index contributed by atoms with van der Waals surface area (Å²) in [5, 5.41) is 11.6. The summed E-state index contributed by atoms with van der Waals surface area (Å²) in [6.45, 7) is 3.48. The van der Waals surface area contributed by atoms with Crippen LogP contribution in [-0.2, 0) is 9.53 Å². The van der Waals surface area contributed by atoms with E-state index in [2.05, 4.69) is 11.9 Å². The van der Waals surface area contributed by atoms with Gasteiger partial charge >= 0.3 is 12.1 Å². The first-order chi connectivity index (χ1) is 7.60. The Kier molecular flexibility index (Phi) is 4.67. The highest BCUT2D eigenvalue weighted by Crippen LogP contribution is 2.27. The minimum absolute atomic E-state index is 0.0781. The second-order valence-electron chi connectivity index (χ2n) is 3.56. The van der Waals surface area contributed by atoms with Gasteiger partial charge in [0.1, 0.15) is 12.1 Å². The van der Waals surface area contributed by atoms with Crippen LogP contribution in [0.1, 0.15) is 12.8 Å². The summed E-state index contributed by atoms with van der Waals surface area (Å²) in [4.78, 5) is 22.5. The molecule has 0 aromatic carbocycles. The van der Waals surface area contributed by atoms with Gasteiger partial charge in [0.25, 0.3) is 0 Å². The molecule has 1 atom stereocenters. The topological polar surface area (TPSA) is 75.6 Å². The standard InChI is InChI=1S/C10H15NO4S/c1-2-5-15-9(14)11-10(8(12)13)4-3-6-16-7-10/h2H,1,3-7H2,(H,11,14)(H,12,13). The number of nitrogens with one attached hydrogen (secondary N) is 1. The van der Waals surface area contributed by atoms with Crippen molar-refractivity contribution >= 4 is 23.8 Å². The Labute approximate surface area is 98.2 Å². The normalized spacial score (nSPS) is 24.5. The third-order valence-electron chi connectivity index (χ3n) is 2.32. The first-order valence-electron chi connectivity index (χ1n) is 4.98. The number of hydrogen-bond acceptors (Lipinski definition) is 4. The molecular weight excluding hydrogens is 230 g/mol. The van der Waals surface area contributed by atoms with Crippen LogP contribution < -0.4 is 5.32 Å². The van der Waals surface area contributed by atoms with Crippen molar-refractivity contribution in [1.29, 1.82) is 0 Å². The maximum Gasteiger partial charge on any atom is 0.408 e. The van der Waals surface area contributed by atoms with Gasteiger partial charge in [-0.15, -0.1) is 0 Å². The molecule has 1 aliphatic heterocycles. The highest BCUT2D eigenvalue weighted by atomic mass is 32.2. The van der Waals surface area contributed by atoms with Gasteiger partial charge in [-0.05, 0) is 18.6 Å². The second-order valence-corrected chi connectivity index (χ2v) is 4.66. The number of carbonyl (C=O) groups excluding carboxylic acids is 1. The first-order valence-corrected chi connectivity index (χ1v) is 6.13. The predicted molar refractivity (Wildman–Crippen MR) is 61.6 cm³/mol. The number of carboxylic acids is 1. The highest BCUT2D eigenvalue weighted by molar-refractivity contribution is 7.99. The van der Waals surface area contributed by atoms with E-state index in [0.717, 1.165) is 12.2 Å². The molecular formula is C10H15NO4S. The fraction of sp³-hybridized carbons (Fsp3) is 0.600. The highest BCUT2D eigenvalue weighted by Gasteiger charge is 2.41. The molecule has 1 rings (SSSR count). The molecule has 6 heteroatoms. The van der Waals surface area contributed by atoms with Gasteiger partial charge in [0.2, 0.25) is 0 Å². The van der Waals surface area contributed by atoms with E-state index in [9.17, 15) is 9.59 Å². The summed E-state index contributed by atoms with van der Waals surface area (Å²) in [5.41, 5.74) is -1.18. The molecule has 16 heavy (non-hydrogen) atoms. The van der Waals surface area contributed by atoms with Gasteiger partial charge in [0.15, 0.2) is 0 Å². The molecule has 1 amide bonds. The van der Waals surface area contributed by atoms with Crippen LogP contribution in [0.15, 0.2) is 12.7 Å². The number of hydrogen-bond donors (Lipinski definition) is 2. The summed E-state index contributed by atoms with van der Waals surface area (Å²) in [5.74, 6) is 0.305. The van der Waals surface area contributed by atoms with E-state index >= 15 is 0 Å². The van der Waals surface area contributed by atoms with Crippen LogP contribution in [0.3, 0.4) is 0 Å². The lowest BCUT2D eigenvalue weighted by Gasteiger charge is -2.32.